The Morgan fingerprint density at radius 2 is 2.56 bits per heavy atom. The van der Waals surface area contributed by atoms with E-state index in [0.717, 1.165) is 18.7 Å². The Labute approximate surface area is 61.8 Å². The maximum atomic E-state index is 10.8. The van der Waals surface area contributed by atoms with Crippen molar-refractivity contribution < 1.29 is 4.79 Å². The number of hydrogen-bond donors (Lipinski definition) is 0. The van der Waals surface area contributed by atoms with Crippen LogP contribution >= 0.6 is 21.6 Å². The molecule has 2 rings (SSSR count). The van der Waals surface area contributed by atoms with E-state index in [0.29, 0.717) is 11.3 Å². The number of nitrogens with zero attached hydrogens (tertiary/aromatic N) is 1. The van der Waals surface area contributed by atoms with E-state index in [1.165, 1.54) is 0 Å². The van der Waals surface area contributed by atoms with Gasteiger partial charge in [-0.2, -0.15) is 0 Å². The summed E-state index contributed by atoms with van der Waals surface area (Å²) in [5, 5.41) is 0.524. The molecule has 2 saturated heterocycles. The van der Waals surface area contributed by atoms with Crippen LogP contribution in [0.4, 0.5) is 0 Å². The summed E-state index contributed by atoms with van der Waals surface area (Å²) >= 11 is 0. The van der Waals surface area contributed by atoms with Gasteiger partial charge in [0, 0.05) is 12.3 Å². The first-order valence-corrected chi connectivity index (χ1v) is 5.34. The lowest BCUT2D eigenvalue weighted by Gasteiger charge is -2.42. The Kier molecular flexibility index (Phi) is 1.38. The van der Waals surface area contributed by atoms with Crippen LogP contribution in [-0.4, -0.2) is 28.5 Å². The van der Waals surface area contributed by atoms with Gasteiger partial charge in [0.05, 0.1) is 11.8 Å². The summed E-state index contributed by atoms with van der Waals surface area (Å²) < 4.78 is 0. The fraction of sp³-hybridized carbons (Fsp3) is 0.800. The van der Waals surface area contributed by atoms with E-state index in [2.05, 4.69) is 0 Å². The smallest absolute Gasteiger partial charge is 0.226 e. The molecule has 0 aliphatic carbocycles. The third kappa shape index (κ3) is 0.846. The van der Waals surface area contributed by atoms with E-state index >= 15 is 0 Å². The fourth-order valence-corrected chi connectivity index (χ4v) is 3.60. The normalized spacial score (nSPS) is 33.6. The molecule has 9 heavy (non-hydrogen) atoms. The van der Waals surface area contributed by atoms with Crippen LogP contribution in [0.5, 0.6) is 0 Å². The van der Waals surface area contributed by atoms with Crippen molar-refractivity contribution in [2.24, 2.45) is 0 Å². The molecule has 0 N–H and O–H groups in total. The lowest BCUT2D eigenvalue weighted by Crippen LogP contribution is -2.52. The summed E-state index contributed by atoms with van der Waals surface area (Å²) in [6.07, 6.45) is 0.775. The zero-order valence-electron chi connectivity index (χ0n) is 4.87. The molecule has 2 nitrogen and oxygen atoms in total. The lowest BCUT2D eigenvalue weighted by molar-refractivity contribution is -0.141. The van der Waals surface area contributed by atoms with Gasteiger partial charge in [-0.05, 0) is 0 Å². The first-order valence-electron chi connectivity index (χ1n) is 2.96. The maximum absolute atomic E-state index is 10.8. The quantitative estimate of drug-likeness (QED) is 0.389. The molecule has 0 radical (unpaired) electrons. The van der Waals surface area contributed by atoms with Gasteiger partial charge in [-0.15, -0.1) is 0 Å². The molecule has 1 atom stereocenters. The minimum atomic E-state index is 0.341. The molecule has 2 aliphatic rings. The second-order valence-corrected chi connectivity index (χ2v) is 4.83. The first-order chi connectivity index (χ1) is 4.38. The van der Waals surface area contributed by atoms with Gasteiger partial charge in [0.1, 0.15) is 0 Å². The van der Waals surface area contributed by atoms with Gasteiger partial charge in [-0.25, -0.2) is 0 Å². The second-order valence-electron chi connectivity index (χ2n) is 2.16. The van der Waals surface area contributed by atoms with Crippen LogP contribution in [0.2, 0.25) is 0 Å². The molecule has 0 bridgehead atoms. The van der Waals surface area contributed by atoms with Crippen LogP contribution in [-0.2, 0) is 4.79 Å². The van der Waals surface area contributed by atoms with Gasteiger partial charge < -0.3 is 4.90 Å². The Morgan fingerprint density at radius 1 is 1.67 bits per heavy atom. The SMILES string of the molecule is O=C1C[C@H]2SSCCN12. The van der Waals surface area contributed by atoms with Crippen molar-refractivity contribution in [1.82, 2.24) is 4.90 Å². The molecule has 2 heterocycles. The van der Waals surface area contributed by atoms with Crippen molar-refractivity contribution in [3.63, 3.8) is 0 Å². The first kappa shape index (κ1) is 5.92. The molecule has 0 spiro atoms. The molecule has 0 saturated carbocycles. The maximum Gasteiger partial charge on any atom is 0.226 e. The summed E-state index contributed by atoms with van der Waals surface area (Å²) in [5.74, 6) is 1.44. The highest BCUT2D eigenvalue weighted by Crippen LogP contribution is 2.41. The van der Waals surface area contributed by atoms with Crippen molar-refractivity contribution in [2.75, 3.05) is 12.3 Å². The minimum absolute atomic E-state index is 0.341. The average molecular weight is 161 g/mol. The molecule has 0 aromatic rings. The number of fused-ring (bicyclic) bond motifs is 1. The van der Waals surface area contributed by atoms with Crippen LogP contribution in [0.1, 0.15) is 6.42 Å². The van der Waals surface area contributed by atoms with E-state index in [1.54, 1.807) is 0 Å². The minimum Gasteiger partial charge on any atom is -0.328 e. The largest absolute Gasteiger partial charge is 0.328 e. The van der Waals surface area contributed by atoms with Crippen molar-refractivity contribution in [3.8, 4) is 0 Å². The predicted octanol–water partition coefficient (Wildman–Crippen LogP) is 0.940. The van der Waals surface area contributed by atoms with Crippen molar-refractivity contribution in [3.05, 3.63) is 0 Å². The number of amides is 1. The van der Waals surface area contributed by atoms with Crippen LogP contribution < -0.4 is 0 Å². The van der Waals surface area contributed by atoms with Gasteiger partial charge in [0.2, 0.25) is 5.91 Å². The molecule has 0 aromatic heterocycles. The van der Waals surface area contributed by atoms with Crippen LogP contribution in [0.3, 0.4) is 0 Å². The number of carbonyl (C=O) groups excluding carboxylic acids is 1. The van der Waals surface area contributed by atoms with Gasteiger partial charge in [-0.1, -0.05) is 21.6 Å². The molecule has 0 aromatic carbocycles. The summed E-state index contributed by atoms with van der Waals surface area (Å²) in [6.45, 7) is 0.973. The van der Waals surface area contributed by atoms with E-state index in [9.17, 15) is 4.79 Å². The Hall–Kier alpha value is 0.170. The summed E-state index contributed by atoms with van der Waals surface area (Å²) in [4.78, 5) is 12.7. The molecule has 2 aliphatic heterocycles. The third-order valence-corrected chi connectivity index (χ3v) is 4.32. The number of rotatable bonds is 0. The van der Waals surface area contributed by atoms with Gasteiger partial charge in [0.15, 0.2) is 0 Å². The van der Waals surface area contributed by atoms with Gasteiger partial charge in [0.25, 0.3) is 0 Å². The number of β-lactam (4-membered cyclic amide) rings is 1. The predicted molar refractivity (Wildman–Crippen MR) is 40.2 cm³/mol. The molecular formula is C5H7NOS2. The van der Waals surface area contributed by atoms with Crippen molar-refractivity contribution in [1.29, 1.82) is 0 Å². The summed E-state index contributed by atoms with van der Waals surface area (Å²) in [6, 6.07) is 0. The lowest BCUT2D eigenvalue weighted by atomic mass is 10.2. The van der Waals surface area contributed by atoms with Gasteiger partial charge in [-0.3, -0.25) is 4.79 Å². The molecule has 4 heteroatoms. The van der Waals surface area contributed by atoms with E-state index in [-0.39, 0.29) is 0 Å². The molecular weight excluding hydrogens is 154 g/mol. The summed E-state index contributed by atoms with van der Waals surface area (Å²) in [7, 11) is 3.72. The molecule has 1 amide bonds. The average Bonchev–Trinajstić information content (AvgIpc) is 1.86. The van der Waals surface area contributed by atoms with E-state index < -0.39 is 0 Å². The van der Waals surface area contributed by atoms with E-state index in [4.69, 9.17) is 0 Å². The topological polar surface area (TPSA) is 20.3 Å². The van der Waals surface area contributed by atoms with Crippen LogP contribution in [0, 0.1) is 0 Å². The standard InChI is InChI=1S/C5H7NOS2/c7-4-3-5-6(4)1-2-8-9-5/h5H,1-3H2/t5-/m1/s1. The van der Waals surface area contributed by atoms with Gasteiger partial charge >= 0.3 is 0 Å². The monoisotopic (exact) mass is 161 g/mol. The fourth-order valence-electron chi connectivity index (χ4n) is 1.04. The Balaban J connectivity index is 2.01. The van der Waals surface area contributed by atoms with E-state index in [1.807, 2.05) is 26.5 Å². The molecule has 50 valence electrons. The highest BCUT2D eigenvalue weighted by molar-refractivity contribution is 8.77. The third-order valence-electron chi connectivity index (χ3n) is 1.61. The van der Waals surface area contributed by atoms with Crippen molar-refractivity contribution >= 4 is 27.5 Å². The molecule has 0 unspecified atom stereocenters. The number of hydrogen-bond acceptors (Lipinski definition) is 3. The zero-order chi connectivity index (χ0) is 6.27. The number of carbonyl (C=O) groups is 1. The molecule has 2 fully saturated rings. The van der Waals surface area contributed by atoms with Crippen LogP contribution in [0.15, 0.2) is 0 Å². The summed E-state index contributed by atoms with van der Waals surface area (Å²) in [5.41, 5.74) is 0. The van der Waals surface area contributed by atoms with Crippen LogP contribution in [0.25, 0.3) is 0 Å². The van der Waals surface area contributed by atoms with Crippen molar-refractivity contribution in [2.45, 2.75) is 11.8 Å². The highest BCUT2D eigenvalue weighted by atomic mass is 33.1. The Morgan fingerprint density at radius 3 is 3.11 bits per heavy atom. The highest BCUT2D eigenvalue weighted by Gasteiger charge is 2.38. The zero-order valence-corrected chi connectivity index (χ0v) is 6.50. The second kappa shape index (κ2) is 2.09. The Bertz CT molecular complexity index is 150.